The molecule has 2 atom stereocenters. The van der Waals surface area contributed by atoms with Crippen LogP contribution in [-0.2, 0) is 21.4 Å². The number of anilines is 1. The smallest absolute Gasteiger partial charge is 0.274 e. The number of fused-ring (bicyclic) bond motifs is 1. The minimum absolute atomic E-state index is 0.0483. The van der Waals surface area contributed by atoms with E-state index in [0.29, 0.717) is 24.6 Å². The molecule has 1 aliphatic heterocycles. The van der Waals surface area contributed by atoms with Crippen LogP contribution in [0.3, 0.4) is 0 Å². The van der Waals surface area contributed by atoms with Crippen molar-refractivity contribution in [3.63, 3.8) is 0 Å². The summed E-state index contributed by atoms with van der Waals surface area (Å²) in [6.07, 6.45) is 0.587. The van der Waals surface area contributed by atoms with Crippen LogP contribution in [0.25, 0.3) is 0 Å². The summed E-state index contributed by atoms with van der Waals surface area (Å²) in [5, 5.41) is 4.97. The van der Waals surface area contributed by atoms with Gasteiger partial charge in [-0.05, 0) is 66.2 Å². The first-order valence-corrected chi connectivity index (χ1v) is 17.4. The number of aryl methyl sites for hydroxylation is 1. The summed E-state index contributed by atoms with van der Waals surface area (Å²) in [5.41, 5.74) is 4.30. The zero-order chi connectivity index (χ0) is 31.3. The molecule has 7 nitrogen and oxygen atoms in total. The number of hydrogen-bond donors (Lipinski definition) is 1. The van der Waals surface area contributed by atoms with Gasteiger partial charge in [0.05, 0.1) is 30.8 Å². The molecule has 0 aliphatic carbocycles. The number of thiophene rings is 1. The summed E-state index contributed by atoms with van der Waals surface area (Å²) >= 11 is 1.17. The Bertz CT molecular complexity index is 1660. The lowest BCUT2D eigenvalue weighted by molar-refractivity contribution is -0.122. The first-order valence-electron chi connectivity index (χ1n) is 15.0. The Kier molecular flexibility index (Phi) is 10.1. The number of amides is 1. The Hall–Kier alpha value is -3.66. The molecule has 0 saturated carbocycles. The van der Waals surface area contributed by atoms with Crippen LogP contribution in [0.15, 0.2) is 94.5 Å². The lowest BCUT2D eigenvalue weighted by Gasteiger charge is -2.33. The highest BCUT2D eigenvalue weighted by Gasteiger charge is 2.36. The van der Waals surface area contributed by atoms with Crippen molar-refractivity contribution in [3.05, 3.63) is 113 Å². The molecule has 0 radical (unpaired) electrons. The minimum Gasteiger partial charge on any atom is -0.493 e. The van der Waals surface area contributed by atoms with E-state index in [1.807, 2.05) is 61.5 Å². The predicted octanol–water partition coefficient (Wildman–Crippen LogP) is 7.11. The van der Waals surface area contributed by atoms with E-state index in [1.165, 1.54) is 15.6 Å². The monoisotopic (exact) mass is 631 g/mol. The average Bonchev–Trinajstić information content (AvgIpc) is 3.53. The minimum atomic E-state index is -3.98. The van der Waals surface area contributed by atoms with Crippen molar-refractivity contribution in [2.24, 2.45) is 5.92 Å². The summed E-state index contributed by atoms with van der Waals surface area (Å²) in [7, 11) is -1.86. The number of sulfonamides is 1. The van der Waals surface area contributed by atoms with E-state index >= 15 is 0 Å². The molecule has 4 aromatic rings. The molecule has 5 rings (SSSR count). The molecule has 0 bridgehead atoms. The highest BCUT2D eigenvalue weighted by Crippen LogP contribution is 2.38. The van der Waals surface area contributed by atoms with Gasteiger partial charge in [0.2, 0.25) is 5.91 Å². The predicted molar refractivity (Wildman–Crippen MR) is 178 cm³/mol. The summed E-state index contributed by atoms with van der Waals surface area (Å²) in [6, 6.07) is 25.4. The van der Waals surface area contributed by atoms with Gasteiger partial charge < -0.3 is 15.0 Å². The van der Waals surface area contributed by atoms with E-state index in [2.05, 4.69) is 43.2 Å². The standard InChI is InChI=1S/C35H41N3O4S2/c1-25(2)23-37(4)24-27-15-16-30-31(17-18-42-33(30)21-27)36-34(39)22-32(28-11-6-5-7-12-28)38(29-13-8-10-26(3)20-29)44(40,41)35-14-9-19-43-35/h5-16,19-21,25,31-32H,17-18,22-24H2,1-4H3,(H,36,39). The molecule has 2 unspecified atom stereocenters. The maximum absolute atomic E-state index is 14.2. The van der Waals surface area contributed by atoms with Crippen molar-refractivity contribution in [2.75, 3.05) is 24.5 Å². The molecule has 9 heteroatoms. The summed E-state index contributed by atoms with van der Waals surface area (Å²) < 4.78 is 36.1. The van der Waals surface area contributed by atoms with Crippen LogP contribution in [0.2, 0.25) is 0 Å². The molecule has 3 aromatic carbocycles. The molecule has 1 N–H and O–H groups in total. The maximum atomic E-state index is 14.2. The fourth-order valence-corrected chi connectivity index (χ4v) is 8.59. The summed E-state index contributed by atoms with van der Waals surface area (Å²) in [6.45, 7) is 8.66. The van der Waals surface area contributed by atoms with E-state index in [4.69, 9.17) is 4.74 Å². The van der Waals surface area contributed by atoms with Crippen LogP contribution in [0.5, 0.6) is 5.75 Å². The van der Waals surface area contributed by atoms with Crippen molar-refractivity contribution in [1.82, 2.24) is 10.2 Å². The SMILES string of the molecule is Cc1cccc(N(C(CC(=O)NC2CCOc3cc(CN(C)CC(C)C)ccc32)c2ccccc2)S(=O)(=O)c2cccs2)c1. The van der Waals surface area contributed by atoms with Crippen LogP contribution >= 0.6 is 11.3 Å². The molecule has 1 amide bonds. The highest BCUT2D eigenvalue weighted by molar-refractivity contribution is 7.94. The van der Waals surface area contributed by atoms with Gasteiger partial charge in [0.25, 0.3) is 10.0 Å². The first-order chi connectivity index (χ1) is 21.1. The number of benzene rings is 3. The highest BCUT2D eigenvalue weighted by atomic mass is 32.2. The molecular weight excluding hydrogens is 591 g/mol. The number of carbonyl (C=O) groups excluding carboxylic acids is 1. The third-order valence-corrected chi connectivity index (χ3v) is 10.9. The second-order valence-corrected chi connectivity index (χ2v) is 14.9. The number of nitrogens with zero attached hydrogens (tertiary/aromatic N) is 2. The van der Waals surface area contributed by atoms with Crippen LogP contribution in [0, 0.1) is 12.8 Å². The van der Waals surface area contributed by atoms with E-state index < -0.39 is 16.1 Å². The van der Waals surface area contributed by atoms with Gasteiger partial charge in [0.1, 0.15) is 9.96 Å². The van der Waals surface area contributed by atoms with Gasteiger partial charge in [-0.2, -0.15) is 0 Å². The van der Waals surface area contributed by atoms with Crippen molar-refractivity contribution in [3.8, 4) is 5.75 Å². The number of hydrogen-bond acceptors (Lipinski definition) is 6. The van der Waals surface area contributed by atoms with Gasteiger partial charge in [-0.25, -0.2) is 8.42 Å². The molecule has 0 saturated heterocycles. The van der Waals surface area contributed by atoms with Gasteiger partial charge in [0, 0.05) is 25.1 Å². The molecular formula is C35H41N3O4S2. The van der Waals surface area contributed by atoms with Crippen LogP contribution in [-0.4, -0.2) is 39.4 Å². The lowest BCUT2D eigenvalue weighted by atomic mass is 9.97. The fraction of sp³-hybridized carbons (Fsp3) is 0.343. The molecule has 0 spiro atoms. The fourth-order valence-electron chi connectivity index (χ4n) is 5.88. The first kappa shape index (κ1) is 31.8. The van der Waals surface area contributed by atoms with E-state index in [0.717, 1.165) is 41.1 Å². The zero-order valence-corrected chi connectivity index (χ0v) is 27.4. The van der Waals surface area contributed by atoms with Gasteiger partial charge in [0.15, 0.2) is 0 Å². The quantitative estimate of drug-likeness (QED) is 0.180. The Labute approximate surface area is 265 Å². The molecule has 2 heterocycles. The molecule has 1 aliphatic rings. The van der Waals surface area contributed by atoms with Crippen molar-refractivity contribution in [2.45, 2.75) is 56.5 Å². The maximum Gasteiger partial charge on any atom is 0.274 e. The van der Waals surface area contributed by atoms with E-state index in [-0.39, 0.29) is 22.6 Å². The molecule has 232 valence electrons. The number of carbonyl (C=O) groups is 1. The molecule has 0 fully saturated rings. The van der Waals surface area contributed by atoms with Gasteiger partial charge in [-0.15, -0.1) is 11.3 Å². The Balaban J connectivity index is 1.43. The topological polar surface area (TPSA) is 79.0 Å². The van der Waals surface area contributed by atoms with Gasteiger partial charge in [-0.1, -0.05) is 74.5 Å². The van der Waals surface area contributed by atoms with Gasteiger partial charge >= 0.3 is 0 Å². The Morgan fingerprint density at radius 2 is 1.82 bits per heavy atom. The largest absolute Gasteiger partial charge is 0.493 e. The van der Waals surface area contributed by atoms with Crippen LogP contribution in [0.1, 0.15) is 61.0 Å². The van der Waals surface area contributed by atoms with Crippen molar-refractivity contribution in [1.29, 1.82) is 0 Å². The average molecular weight is 632 g/mol. The van der Waals surface area contributed by atoms with Gasteiger partial charge in [-0.3, -0.25) is 9.10 Å². The number of nitrogens with one attached hydrogen (secondary N) is 1. The second-order valence-electron chi connectivity index (χ2n) is 11.9. The molecule has 44 heavy (non-hydrogen) atoms. The Morgan fingerprint density at radius 1 is 1.02 bits per heavy atom. The van der Waals surface area contributed by atoms with Crippen molar-refractivity contribution < 1.29 is 17.9 Å². The normalized spacial score (nSPS) is 15.5. The van der Waals surface area contributed by atoms with E-state index in [1.54, 1.807) is 23.6 Å². The van der Waals surface area contributed by atoms with Crippen molar-refractivity contribution >= 4 is 33.0 Å². The third kappa shape index (κ3) is 7.52. The second kappa shape index (κ2) is 14.0. The lowest BCUT2D eigenvalue weighted by Crippen LogP contribution is -2.39. The molecule has 1 aromatic heterocycles. The van der Waals surface area contributed by atoms with Crippen LogP contribution < -0.4 is 14.4 Å². The number of ether oxygens (including phenoxy) is 1. The Morgan fingerprint density at radius 3 is 2.52 bits per heavy atom. The summed E-state index contributed by atoms with van der Waals surface area (Å²) in [4.78, 5) is 16.2. The van der Waals surface area contributed by atoms with E-state index in [9.17, 15) is 13.2 Å². The van der Waals surface area contributed by atoms with Crippen LogP contribution in [0.4, 0.5) is 5.69 Å². The third-order valence-electron chi connectivity index (χ3n) is 7.69. The number of rotatable bonds is 12. The summed E-state index contributed by atoms with van der Waals surface area (Å²) in [5.74, 6) is 1.14. The zero-order valence-electron chi connectivity index (χ0n) is 25.8.